The quantitative estimate of drug-likeness (QED) is 0.568. The van der Waals surface area contributed by atoms with Gasteiger partial charge >= 0.3 is 0 Å². The Kier molecular flexibility index (Phi) is 6.63. The molecule has 4 nitrogen and oxygen atoms in total. The molecule has 1 amide bonds. The minimum Gasteiger partial charge on any atom is -0.497 e. The van der Waals surface area contributed by atoms with Gasteiger partial charge in [-0.2, -0.15) is 0 Å². The topological polar surface area (TPSA) is 47.6 Å². The maximum absolute atomic E-state index is 12.3. The Morgan fingerprint density at radius 2 is 1.63 bits per heavy atom. The van der Waals surface area contributed by atoms with E-state index in [-0.39, 0.29) is 12.5 Å². The van der Waals surface area contributed by atoms with Crippen molar-refractivity contribution in [2.45, 2.75) is 9.79 Å². The molecule has 1 N–H and O–H groups in total. The fourth-order valence-electron chi connectivity index (χ4n) is 2.30. The van der Waals surface area contributed by atoms with Crippen molar-refractivity contribution in [1.82, 2.24) is 0 Å². The fraction of sp³-hybridized carbons (Fsp3) is 0.0952. The van der Waals surface area contributed by atoms with E-state index in [0.29, 0.717) is 10.8 Å². The van der Waals surface area contributed by atoms with Crippen LogP contribution < -0.4 is 14.8 Å². The van der Waals surface area contributed by atoms with Gasteiger partial charge in [-0.05, 0) is 60.7 Å². The van der Waals surface area contributed by atoms with Gasteiger partial charge in [0.25, 0.3) is 5.91 Å². The first-order valence-electron chi connectivity index (χ1n) is 8.23. The summed E-state index contributed by atoms with van der Waals surface area (Å²) in [4.78, 5) is 14.3. The SMILES string of the molecule is COc1ccc(OCC(=O)Nc2ccccc2Sc2ccc(Cl)cc2)cc1. The molecule has 3 rings (SSSR count). The van der Waals surface area contributed by atoms with Crippen LogP contribution in [0, 0.1) is 0 Å². The number of benzene rings is 3. The van der Waals surface area contributed by atoms with Crippen molar-refractivity contribution < 1.29 is 14.3 Å². The van der Waals surface area contributed by atoms with Gasteiger partial charge in [0, 0.05) is 14.8 Å². The van der Waals surface area contributed by atoms with Crippen molar-refractivity contribution >= 4 is 35.0 Å². The molecule has 0 fully saturated rings. The molecule has 0 aliphatic heterocycles. The maximum Gasteiger partial charge on any atom is 0.262 e. The molecule has 0 aliphatic rings. The number of ether oxygens (including phenoxy) is 2. The van der Waals surface area contributed by atoms with E-state index in [1.54, 1.807) is 43.1 Å². The van der Waals surface area contributed by atoms with Gasteiger partial charge in [0.2, 0.25) is 0 Å². The van der Waals surface area contributed by atoms with Crippen LogP contribution >= 0.6 is 23.4 Å². The molecule has 3 aromatic carbocycles. The molecule has 0 saturated heterocycles. The third-order valence-corrected chi connectivity index (χ3v) is 4.97. The Morgan fingerprint density at radius 1 is 0.963 bits per heavy atom. The molecule has 0 aromatic heterocycles. The zero-order valence-corrected chi connectivity index (χ0v) is 16.2. The first-order chi connectivity index (χ1) is 13.1. The second kappa shape index (κ2) is 9.35. The van der Waals surface area contributed by atoms with Crippen molar-refractivity contribution in [3.63, 3.8) is 0 Å². The van der Waals surface area contributed by atoms with E-state index in [2.05, 4.69) is 5.32 Å². The third-order valence-electron chi connectivity index (χ3n) is 3.63. The number of carbonyl (C=O) groups is 1. The van der Waals surface area contributed by atoms with Gasteiger partial charge in [-0.1, -0.05) is 35.5 Å². The number of carbonyl (C=O) groups excluding carboxylic acids is 1. The van der Waals surface area contributed by atoms with E-state index in [1.807, 2.05) is 48.5 Å². The van der Waals surface area contributed by atoms with Crippen LogP contribution in [0.5, 0.6) is 11.5 Å². The van der Waals surface area contributed by atoms with E-state index in [4.69, 9.17) is 21.1 Å². The van der Waals surface area contributed by atoms with Crippen LogP contribution in [-0.4, -0.2) is 19.6 Å². The lowest BCUT2D eigenvalue weighted by Gasteiger charge is -2.12. The first-order valence-corrected chi connectivity index (χ1v) is 9.42. The van der Waals surface area contributed by atoms with Crippen LogP contribution in [0.25, 0.3) is 0 Å². The smallest absolute Gasteiger partial charge is 0.262 e. The van der Waals surface area contributed by atoms with E-state index in [0.717, 1.165) is 21.2 Å². The number of nitrogens with one attached hydrogen (secondary N) is 1. The van der Waals surface area contributed by atoms with Crippen molar-refractivity contribution in [3.8, 4) is 11.5 Å². The minimum absolute atomic E-state index is 0.0771. The van der Waals surface area contributed by atoms with Gasteiger partial charge in [-0.3, -0.25) is 4.79 Å². The van der Waals surface area contributed by atoms with Gasteiger partial charge in [-0.15, -0.1) is 0 Å². The second-order valence-electron chi connectivity index (χ2n) is 5.56. The summed E-state index contributed by atoms with van der Waals surface area (Å²) < 4.78 is 10.6. The molecule has 0 heterocycles. The minimum atomic E-state index is -0.227. The summed E-state index contributed by atoms with van der Waals surface area (Å²) in [5, 5.41) is 3.59. The van der Waals surface area contributed by atoms with Crippen LogP contribution in [0.1, 0.15) is 0 Å². The first kappa shape index (κ1) is 19.1. The fourth-order valence-corrected chi connectivity index (χ4v) is 3.32. The van der Waals surface area contributed by atoms with Gasteiger partial charge < -0.3 is 14.8 Å². The summed E-state index contributed by atoms with van der Waals surface area (Å²) in [6, 6.07) is 22.3. The summed E-state index contributed by atoms with van der Waals surface area (Å²) in [5.74, 6) is 1.12. The van der Waals surface area contributed by atoms with Crippen molar-refractivity contribution in [2.75, 3.05) is 19.0 Å². The molecule has 0 unspecified atom stereocenters. The predicted molar refractivity (Wildman–Crippen MR) is 109 cm³/mol. The van der Waals surface area contributed by atoms with Crippen molar-refractivity contribution in [2.24, 2.45) is 0 Å². The Labute approximate surface area is 167 Å². The summed E-state index contributed by atoms with van der Waals surface area (Å²) >= 11 is 7.49. The number of halogens is 1. The van der Waals surface area contributed by atoms with Crippen molar-refractivity contribution in [3.05, 3.63) is 77.8 Å². The summed E-state index contributed by atoms with van der Waals surface area (Å²) in [5.41, 5.74) is 0.737. The maximum atomic E-state index is 12.3. The Hall–Kier alpha value is -2.63. The summed E-state index contributed by atoms with van der Waals surface area (Å²) in [6.07, 6.45) is 0. The molecule has 6 heteroatoms. The highest BCUT2D eigenvalue weighted by molar-refractivity contribution is 7.99. The number of rotatable bonds is 7. The zero-order chi connectivity index (χ0) is 19.1. The zero-order valence-electron chi connectivity index (χ0n) is 14.6. The molecule has 3 aromatic rings. The summed E-state index contributed by atoms with van der Waals surface area (Å²) in [7, 11) is 1.60. The lowest BCUT2D eigenvalue weighted by molar-refractivity contribution is -0.118. The predicted octanol–water partition coefficient (Wildman–Crippen LogP) is 5.52. The Balaban J connectivity index is 1.61. The number of amides is 1. The highest BCUT2D eigenvalue weighted by atomic mass is 35.5. The lowest BCUT2D eigenvalue weighted by Crippen LogP contribution is -2.20. The molecule has 138 valence electrons. The molecule has 0 bridgehead atoms. The molecular weight excluding hydrogens is 382 g/mol. The Morgan fingerprint density at radius 3 is 2.33 bits per heavy atom. The van der Waals surface area contributed by atoms with Gasteiger partial charge in [-0.25, -0.2) is 0 Å². The van der Waals surface area contributed by atoms with Crippen LogP contribution in [0.4, 0.5) is 5.69 Å². The molecule has 0 radical (unpaired) electrons. The molecule has 0 saturated carbocycles. The van der Waals surface area contributed by atoms with Crippen LogP contribution in [0.15, 0.2) is 82.6 Å². The van der Waals surface area contributed by atoms with E-state index >= 15 is 0 Å². The monoisotopic (exact) mass is 399 g/mol. The summed E-state index contributed by atoms with van der Waals surface area (Å²) in [6.45, 7) is -0.0771. The average Bonchev–Trinajstić information content (AvgIpc) is 2.70. The number of para-hydroxylation sites is 1. The molecule has 0 atom stereocenters. The normalized spacial score (nSPS) is 10.3. The number of methoxy groups -OCH3 is 1. The highest BCUT2D eigenvalue weighted by Gasteiger charge is 2.09. The highest BCUT2D eigenvalue weighted by Crippen LogP contribution is 2.33. The average molecular weight is 400 g/mol. The molecule has 0 aliphatic carbocycles. The standard InChI is InChI=1S/C21H18ClNO3S/c1-25-16-8-10-17(11-9-16)26-14-21(24)23-19-4-2-3-5-20(19)27-18-12-6-15(22)7-13-18/h2-13H,14H2,1H3,(H,23,24). The van der Waals surface area contributed by atoms with E-state index in [9.17, 15) is 4.79 Å². The van der Waals surface area contributed by atoms with Gasteiger partial charge in [0.1, 0.15) is 11.5 Å². The van der Waals surface area contributed by atoms with E-state index in [1.165, 1.54) is 0 Å². The van der Waals surface area contributed by atoms with Crippen molar-refractivity contribution in [1.29, 1.82) is 0 Å². The molecule has 0 spiro atoms. The van der Waals surface area contributed by atoms with E-state index < -0.39 is 0 Å². The van der Waals surface area contributed by atoms with Crippen LogP contribution in [-0.2, 0) is 4.79 Å². The second-order valence-corrected chi connectivity index (χ2v) is 7.12. The molecule has 27 heavy (non-hydrogen) atoms. The molecular formula is C21H18ClNO3S. The Bertz CT molecular complexity index is 898. The third kappa shape index (κ3) is 5.67. The van der Waals surface area contributed by atoms with Crippen LogP contribution in [0.2, 0.25) is 5.02 Å². The number of hydrogen-bond donors (Lipinski definition) is 1. The van der Waals surface area contributed by atoms with Gasteiger partial charge in [0.15, 0.2) is 6.61 Å². The van der Waals surface area contributed by atoms with Crippen LogP contribution in [0.3, 0.4) is 0 Å². The van der Waals surface area contributed by atoms with Gasteiger partial charge in [0.05, 0.1) is 12.8 Å². The number of anilines is 1. The number of hydrogen-bond acceptors (Lipinski definition) is 4. The largest absolute Gasteiger partial charge is 0.497 e. The lowest BCUT2D eigenvalue weighted by atomic mass is 10.3.